The summed E-state index contributed by atoms with van der Waals surface area (Å²) in [4.78, 5) is 29.5. The van der Waals surface area contributed by atoms with Gasteiger partial charge in [0.15, 0.2) is 34.9 Å². The Hall–Kier alpha value is -8.40. The first kappa shape index (κ1) is 39.4. The molecule has 0 bridgehead atoms. The Morgan fingerprint density at radius 2 is 0.538 bits per heavy atom. The molecule has 3 heterocycles. The summed E-state index contributed by atoms with van der Waals surface area (Å²) in [6.07, 6.45) is 0. The van der Waals surface area contributed by atoms with Gasteiger partial charge in [-0.1, -0.05) is 121 Å². The van der Waals surface area contributed by atoms with Gasteiger partial charge in [-0.15, -0.1) is 11.3 Å². The van der Waals surface area contributed by atoms with Crippen LogP contribution in [-0.4, -0.2) is 44.1 Å². The summed E-state index contributed by atoms with van der Waals surface area (Å²) in [5, 5.41) is 2.45. The fourth-order valence-corrected chi connectivity index (χ4v) is 9.01. The smallest absolute Gasteiger partial charge is 0.164 e. The summed E-state index contributed by atoms with van der Waals surface area (Å²) in [5.41, 5.74) is 9.94. The molecule has 0 radical (unpaired) electrons. The van der Waals surface area contributed by atoms with Crippen LogP contribution >= 0.6 is 11.3 Å². The maximum atomic E-state index is 5.39. The molecule has 0 amide bonds. The molecule has 0 atom stereocenters. The number of hydrogen-bond donors (Lipinski definition) is 0. The first-order valence-corrected chi connectivity index (χ1v) is 22.0. The molecule has 0 spiro atoms. The van der Waals surface area contributed by atoms with Crippen molar-refractivity contribution in [2.24, 2.45) is 0 Å². The third-order valence-electron chi connectivity index (χ3n) is 11.5. The molecular formula is C56H38N6O2S. The van der Waals surface area contributed by atoms with Gasteiger partial charge >= 0.3 is 0 Å². The lowest BCUT2D eigenvalue weighted by molar-refractivity contribution is 0.414. The second-order valence-electron chi connectivity index (χ2n) is 15.5. The van der Waals surface area contributed by atoms with Crippen molar-refractivity contribution in [1.82, 2.24) is 29.9 Å². The standard InChI is InChI=1S/C56H38N6O2S/c1-63-45-27-21-41(22-28-45)55-59-51(37-9-5-3-6-10-37)57-53(61-55)39-17-13-35(14-18-39)43-25-31-49-47(33-43)48-34-44(26-32-50(48)65-49)36-15-19-40(20-16-36)54-58-52(38-11-7-4-8-12-38)60-56(62-54)42-23-29-46(64-2)30-24-42/h3-34H,1-2H3. The summed E-state index contributed by atoms with van der Waals surface area (Å²) < 4.78 is 13.3. The molecule has 0 aliphatic rings. The SMILES string of the molecule is COc1ccc(-c2nc(-c3ccccc3)nc(-c3ccc(-c4ccc5sc6ccc(-c7ccc(-c8nc(-c9ccccc9)nc(-c9ccc(OC)cc9)n8)cc7)cc6c5c4)cc3)n2)cc1. The van der Waals surface area contributed by atoms with Gasteiger partial charge in [0.2, 0.25) is 0 Å². The summed E-state index contributed by atoms with van der Waals surface area (Å²) >= 11 is 1.81. The highest BCUT2D eigenvalue weighted by Gasteiger charge is 2.16. The quantitative estimate of drug-likeness (QED) is 0.134. The minimum Gasteiger partial charge on any atom is -0.497 e. The van der Waals surface area contributed by atoms with E-state index in [2.05, 4.69) is 84.9 Å². The summed E-state index contributed by atoms with van der Waals surface area (Å²) in [6.45, 7) is 0. The van der Waals surface area contributed by atoms with Crippen molar-refractivity contribution >= 4 is 31.5 Å². The van der Waals surface area contributed by atoms with Gasteiger partial charge in [-0.2, -0.15) is 0 Å². The number of ether oxygens (including phenoxy) is 2. The monoisotopic (exact) mass is 858 g/mol. The van der Waals surface area contributed by atoms with E-state index >= 15 is 0 Å². The third kappa shape index (κ3) is 7.97. The Morgan fingerprint density at radius 3 is 0.846 bits per heavy atom. The van der Waals surface area contributed by atoms with E-state index < -0.39 is 0 Å². The highest BCUT2D eigenvalue weighted by atomic mass is 32.1. The maximum absolute atomic E-state index is 5.39. The van der Waals surface area contributed by atoms with Crippen molar-refractivity contribution in [3.63, 3.8) is 0 Å². The average molecular weight is 859 g/mol. The van der Waals surface area contributed by atoms with Gasteiger partial charge in [0, 0.05) is 53.6 Å². The number of thiophene rings is 1. The van der Waals surface area contributed by atoms with E-state index in [1.165, 1.54) is 20.2 Å². The van der Waals surface area contributed by atoms with E-state index in [-0.39, 0.29) is 0 Å². The number of hydrogen-bond acceptors (Lipinski definition) is 9. The molecule has 8 aromatic carbocycles. The molecule has 0 aliphatic carbocycles. The van der Waals surface area contributed by atoms with E-state index in [0.717, 1.165) is 67.1 Å². The summed E-state index contributed by atoms with van der Waals surface area (Å²) in [7, 11) is 3.32. The van der Waals surface area contributed by atoms with Crippen LogP contribution in [-0.2, 0) is 0 Å². The van der Waals surface area contributed by atoms with Crippen molar-refractivity contribution in [3.05, 3.63) is 194 Å². The molecule has 8 nitrogen and oxygen atoms in total. The molecule has 0 saturated carbocycles. The zero-order chi connectivity index (χ0) is 43.7. The van der Waals surface area contributed by atoms with Gasteiger partial charge in [-0.25, -0.2) is 29.9 Å². The maximum Gasteiger partial charge on any atom is 0.164 e. The van der Waals surface area contributed by atoms with Crippen molar-refractivity contribution in [1.29, 1.82) is 0 Å². The molecule has 9 heteroatoms. The number of fused-ring (bicyclic) bond motifs is 3. The molecule has 0 saturated heterocycles. The first-order chi connectivity index (χ1) is 32.0. The molecule has 0 N–H and O–H groups in total. The molecule has 11 rings (SSSR count). The van der Waals surface area contributed by atoms with Crippen LogP contribution in [0.15, 0.2) is 194 Å². The molecular weight excluding hydrogens is 821 g/mol. The van der Waals surface area contributed by atoms with Crippen molar-refractivity contribution in [2.75, 3.05) is 14.2 Å². The van der Waals surface area contributed by atoms with Crippen LogP contribution in [0.1, 0.15) is 0 Å². The molecule has 0 fully saturated rings. The van der Waals surface area contributed by atoms with Crippen LogP contribution in [0, 0.1) is 0 Å². The number of benzene rings is 8. The Labute approximate surface area is 379 Å². The van der Waals surface area contributed by atoms with Crippen LogP contribution < -0.4 is 9.47 Å². The Bertz CT molecular complexity index is 3240. The minimum absolute atomic E-state index is 0.602. The Kier molecular flexibility index (Phi) is 10.3. The zero-order valence-electron chi connectivity index (χ0n) is 35.4. The molecule has 3 aromatic heterocycles. The number of rotatable bonds is 10. The molecule has 0 aliphatic heterocycles. The van der Waals surface area contributed by atoms with E-state index in [9.17, 15) is 0 Å². The van der Waals surface area contributed by atoms with Gasteiger partial charge < -0.3 is 9.47 Å². The Balaban J connectivity index is 0.896. The fraction of sp³-hybridized carbons (Fsp3) is 0.0357. The largest absolute Gasteiger partial charge is 0.497 e. The predicted molar refractivity (Wildman–Crippen MR) is 263 cm³/mol. The molecule has 11 aromatic rings. The van der Waals surface area contributed by atoms with E-state index in [1.807, 2.05) is 121 Å². The third-order valence-corrected chi connectivity index (χ3v) is 12.6. The van der Waals surface area contributed by atoms with Crippen LogP contribution in [0.3, 0.4) is 0 Å². The van der Waals surface area contributed by atoms with Crippen molar-refractivity contribution in [3.8, 4) is 102 Å². The summed E-state index contributed by atoms with van der Waals surface area (Å²) in [5.74, 6) is 5.22. The van der Waals surface area contributed by atoms with E-state index in [1.54, 1.807) is 14.2 Å². The number of nitrogens with zero attached hydrogens (tertiary/aromatic N) is 6. The van der Waals surface area contributed by atoms with Crippen molar-refractivity contribution < 1.29 is 9.47 Å². The summed E-state index contributed by atoms with van der Waals surface area (Å²) in [6, 6.07) is 66.0. The van der Waals surface area contributed by atoms with Gasteiger partial charge in [-0.3, -0.25) is 0 Å². The normalized spacial score (nSPS) is 11.2. The van der Waals surface area contributed by atoms with Crippen molar-refractivity contribution in [2.45, 2.75) is 0 Å². The van der Waals surface area contributed by atoms with E-state index in [4.69, 9.17) is 39.4 Å². The van der Waals surface area contributed by atoms with Gasteiger partial charge in [-0.05, 0) is 95.1 Å². The topological polar surface area (TPSA) is 95.8 Å². The number of methoxy groups -OCH3 is 2. The van der Waals surface area contributed by atoms with Crippen LogP contribution in [0.2, 0.25) is 0 Å². The highest BCUT2D eigenvalue weighted by molar-refractivity contribution is 7.25. The highest BCUT2D eigenvalue weighted by Crippen LogP contribution is 2.39. The Morgan fingerprint density at radius 1 is 0.277 bits per heavy atom. The molecule has 310 valence electrons. The lowest BCUT2D eigenvalue weighted by atomic mass is 9.99. The average Bonchev–Trinajstić information content (AvgIpc) is 3.76. The minimum atomic E-state index is 0.602. The van der Waals surface area contributed by atoms with E-state index in [0.29, 0.717) is 34.9 Å². The lowest BCUT2D eigenvalue weighted by Gasteiger charge is -2.10. The zero-order valence-corrected chi connectivity index (χ0v) is 36.2. The van der Waals surface area contributed by atoms with Gasteiger partial charge in [0.05, 0.1) is 14.2 Å². The molecule has 65 heavy (non-hydrogen) atoms. The lowest BCUT2D eigenvalue weighted by Crippen LogP contribution is -2.00. The number of aromatic nitrogens is 6. The second-order valence-corrected chi connectivity index (χ2v) is 16.6. The molecule has 0 unspecified atom stereocenters. The van der Waals surface area contributed by atoms with Crippen LogP contribution in [0.4, 0.5) is 0 Å². The van der Waals surface area contributed by atoms with Crippen LogP contribution in [0.5, 0.6) is 11.5 Å². The second kappa shape index (κ2) is 17.0. The van der Waals surface area contributed by atoms with Crippen LogP contribution in [0.25, 0.3) is 111 Å². The van der Waals surface area contributed by atoms with Gasteiger partial charge in [0.1, 0.15) is 11.5 Å². The van der Waals surface area contributed by atoms with Gasteiger partial charge in [0.25, 0.3) is 0 Å². The predicted octanol–water partition coefficient (Wildman–Crippen LogP) is 13.8. The fourth-order valence-electron chi connectivity index (χ4n) is 7.94. The first-order valence-electron chi connectivity index (χ1n) is 21.1.